The van der Waals surface area contributed by atoms with Crippen LogP contribution in [0.3, 0.4) is 0 Å². The fourth-order valence-electron chi connectivity index (χ4n) is 2.40. The number of halogens is 1. The van der Waals surface area contributed by atoms with Crippen molar-refractivity contribution in [2.45, 2.75) is 19.0 Å². The molecule has 0 aliphatic carbocycles. The van der Waals surface area contributed by atoms with Crippen LogP contribution in [0.25, 0.3) is 10.9 Å². The minimum Gasteiger partial charge on any atom is -0.465 e. The summed E-state index contributed by atoms with van der Waals surface area (Å²) >= 11 is 11.1. The molecule has 3 heterocycles. The van der Waals surface area contributed by atoms with Crippen molar-refractivity contribution in [1.82, 2.24) is 9.97 Å². The molecule has 1 aliphatic heterocycles. The molecular weight excluding hydrogens is 350 g/mol. The minimum absolute atomic E-state index is 0.173. The van der Waals surface area contributed by atoms with Gasteiger partial charge in [-0.1, -0.05) is 23.8 Å². The smallest absolute Gasteiger partial charge is 0.340 e. The number of hydrogen-bond acceptors (Lipinski definition) is 7. The van der Waals surface area contributed by atoms with Gasteiger partial charge in [0.15, 0.2) is 0 Å². The number of rotatable bonds is 3. The number of nitrogens with one attached hydrogen (secondary N) is 1. The molecule has 7 nitrogen and oxygen atoms in total. The van der Waals surface area contributed by atoms with Gasteiger partial charge in [0.05, 0.1) is 40.9 Å². The maximum absolute atomic E-state index is 11.8. The molecule has 3 rings (SSSR count). The number of methoxy groups -OCH3 is 1. The van der Waals surface area contributed by atoms with Crippen LogP contribution in [0, 0.1) is 0 Å². The predicted molar refractivity (Wildman–Crippen MR) is 97.1 cm³/mol. The summed E-state index contributed by atoms with van der Waals surface area (Å²) in [6.45, 7) is 1.88. The van der Waals surface area contributed by atoms with Crippen LogP contribution in [0.1, 0.15) is 28.9 Å². The first-order valence-corrected chi connectivity index (χ1v) is 7.88. The van der Waals surface area contributed by atoms with Crippen LogP contribution < -0.4 is 5.73 Å². The molecule has 2 unspecified atom stereocenters. The van der Waals surface area contributed by atoms with Crippen LogP contribution in [0.15, 0.2) is 28.4 Å². The average molecular weight is 364 g/mol. The minimum atomic E-state index is -0.691. The largest absolute Gasteiger partial charge is 0.465 e. The summed E-state index contributed by atoms with van der Waals surface area (Å²) < 4.78 is 4.79. The van der Waals surface area contributed by atoms with Gasteiger partial charge in [-0.25, -0.2) is 14.8 Å². The number of nitrogens with two attached hydrogens (primary N) is 1. The van der Waals surface area contributed by atoms with Gasteiger partial charge in [-0.15, -0.1) is 0 Å². The Kier molecular flexibility index (Phi) is 4.44. The second kappa shape index (κ2) is 6.39. The second-order valence-electron chi connectivity index (χ2n) is 5.27. The number of aromatic nitrogens is 2. The number of H-pyrrole nitrogens is 1. The fourth-order valence-corrected chi connectivity index (χ4v) is 2.70. The quantitative estimate of drug-likeness (QED) is 0.642. The van der Waals surface area contributed by atoms with Gasteiger partial charge in [-0.05, 0) is 13.0 Å². The average Bonchev–Trinajstić information content (AvgIpc) is 3.00. The lowest BCUT2D eigenvalue weighted by Gasteiger charge is -2.18. The third-order valence-corrected chi connectivity index (χ3v) is 4.61. The van der Waals surface area contributed by atoms with E-state index in [9.17, 15) is 4.79 Å². The Hall–Kier alpha value is -2.16. The highest BCUT2D eigenvalue weighted by atomic mass is 35.5. The lowest BCUT2D eigenvalue weighted by molar-refractivity contribution is 0.0603. The second-order valence-corrected chi connectivity index (χ2v) is 6.07. The molecule has 3 N–H and O–H groups in total. The van der Waals surface area contributed by atoms with Crippen LogP contribution >= 0.6 is 23.8 Å². The molecule has 24 heavy (non-hydrogen) atoms. The highest BCUT2D eigenvalue weighted by Gasteiger charge is 2.25. The molecule has 2 aromatic heterocycles. The van der Waals surface area contributed by atoms with Crippen LogP contribution in [0.2, 0.25) is 0 Å². The van der Waals surface area contributed by atoms with Gasteiger partial charge in [0.2, 0.25) is 0 Å². The monoisotopic (exact) mass is 363 g/mol. The topological polar surface area (TPSA) is 106 Å². The van der Waals surface area contributed by atoms with E-state index < -0.39 is 12.1 Å². The Labute approximate surface area is 148 Å². The SMILES string of the molecule is COC(=O)c1c[nH]c2cnc(C(C)C3=NC(N)C(=S)C(Cl)=N3)cc12. The van der Waals surface area contributed by atoms with Crippen molar-refractivity contribution in [3.8, 4) is 0 Å². The molecule has 0 spiro atoms. The molecular formula is C15H14ClN5O2S. The van der Waals surface area contributed by atoms with Crippen molar-refractivity contribution in [3.63, 3.8) is 0 Å². The van der Waals surface area contributed by atoms with E-state index in [4.69, 9.17) is 34.3 Å². The van der Waals surface area contributed by atoms with E-state index in [1.165, 1.54) is 7.11 Å². The Morgan fingerprint density at radius 3 is 2.96 bits per heavy atom. The Balaban J connectivity index is 2.02. The summed E-state index contributed by atoms with van der Waals surface area (Å²) in [4.78, 5) is 28.0. The van der Waals surface area contributed by atoms with E-state index in [1.807, 2.05) is 6.92 Å². The zero-order chi connectivity index (χ0) is 17.4. The van der Waals surface area contributed by atoms with Crippen molar-refractivity contribution >= 4 is 56.6 Å². The number of carbonyl (C=O) groups is 1. The molecule has 0 fully saturated rings. The van der Waals surface area contributed by atoms with Crippen molar-refractivity contribution in [2.75, 3.05) is 7.11 Å². The third-order valence-electron chi connectivity index (χ3n) is 3.78. The molecule has 0 radical (unpaired) electrons. The Morgan fingerprint density at radius 2 is 2.29 bits per heavy atom. The number of aliphatic imine (C=N–C) groups is 2. The summed E-state index contributed by atoms with van der Waals surface area (Å²) in [5, 5.41) is 0.886. The van der Waals surface area contributed by atoms with Gasteiger partial charge < -0.3 is 15.5 Å². The van der Waals surface area contributed by atoms with Crippen molar-refractivity contribution < 1.29 is 9.53 Å². The molecule has 1 aliphatic rings. The molecule has 0 aromatic carbocycles. The van der Waals surface area contributed by atoms with E-state index in [2.05, 4.69) is 20.0 Å². The number of carbonyl (C=O) groups excluding carboxylic acids is 1. The normalized spacial score (nSPS) is 19.0. The van der Waals surface area contributed by atoms with Crippen LogP contribution in [0.5, 0.6) is 0 Å². The van der Waals surface area contributed by atoms with Crippen molar-refractivity contribution in [2.24, 2.45) is 15.7 Å². The first-order valence-electron chi connectivity index (χ1n) is 7.09. The number of hydrogen-bond donors (Lipinski definition) is 2. The van der Waals surface area contributed by atoms with Crippen LogP contribution in [0.4, 0.5) is 0 Å². The summed E-state index contributed by atoms with van der Waals surface area (Å²) in [7, 11) is 1.34. The van der Waals surface area contributed by atoms with Gasteiger partial charge in [0, 0.05) is 11.6 Å². The maximum Gasteiger partial charge on any atom is 0.340 e. The van der Waals surface area contributed by atoms with E-state index in [0.29, 0.717) is 27.3 Å². The molecule has 0 saturated carbocycles. The van der Waals surface area contributed by atoms with E-state index in [1.54, 1.807) is 18.5 Å². The number of ether oxygens (including phenoxy) is 1. The van der Waals surface area contributed by atoms with Crippen LogP contribution in [-0.2, 0) is 4.74 Å². The van der Waals surface area contributed by atoms with Crippen LogP contribution in [-0.4, -0.2) is 45.1 Å². The summed E-state index contributed by atoms with van der Waals surface area (Å²) in [5.74, 6) is -0.240. The fraction of sp³-hybridized carbons (Fsp3) is 0.267. The summed E-state index contributed by atoms with van der Waals surface area (Å²) in [5.41, 5.74) is 7.70. The van der Waals surface area contributed by atoms with Gasteiger partial charge in [0.25, 0.3) is 0 Å². The highest BCUT2D eigenvalue weighted by molar-refractivity contribution is 7.82. The third kappa shape index (κ3) is 2.83. The molecule has 124 valence electrons. The molecule has 0 amide bonds. The number of esters is 1. The van der Waals surface area contributed by atoms with Gasteiger partial charge in [0.1, 0.15) is 17.2 Å². The summed E-state index contributed by atoms with van der Waals surface area (Å²) in [6, 6.07) is 1.80. The molecule has 9 heteroatoms. The molecule has 2 atom stereocenters. The van der Waals surface area contributed by atoms with Crippen molar-refractivity contribution in [3.05, 3.63) is 29.7 Å². The lowest BCUT2D eigenvalue weighted by Crippen LogP contribution is -2.36. The van der Waals surface area contributed by atoms with Gasteiger partial charge >= 0.3 is 5.97 Å². The lowest BCUT2D eigenvalue weighted by atomic mass is 10.0. The number of aromatic amines is 1. The standard InChI is InChI=1S/C15H14ClN5O2S/c1-6(14-20-12(16)11(24)13(17)21-14)9-3-7-8(15(22)23-2)4-18-10(7)5-19-9/h3-6,13,18H,17H2,1-2H3. The first-order chi connectivity index (χ1) is 11.4. The van der Waals surface area contributed by atoms with E-state index in [-0.39, 0.29) is 11.1 Å². The van der Waals surface area contributed by atoms with Crippen molar-refractivity contribution in [1.29, 1.82) is 0 Å². The number of thiocarbonyl (C=S) groups is 1. The van der Waals surface area contributed by atoms with Gasteiger partial charge in [-0.2, -0.15) is 0 Å². The maximum atomic E-state index is 11.8. The summed E-state index contributed by atoms with van der Waals surface area (Å²) in [6.07, 6.45) is 2.55. The zero-order valence-corrected chi connectivity index (χ0v) is 14.5. The number of pyridine rings is 1. The molecule has 0 saturated heterocycles. The number of nitrogens with zero attached hydrogens (tertiary/aromatic N) is 3. The Morgan fingerprint density at radius 1 is 1.54 bits per heavy atom. The Bertz CT molecular complexity index is 904. The highest BCUT2D eigenvalue weighted by Crippen LogP contribution is 2.25. The van der Waals surface area contributed by atoms with E-state index in [0.717, 1.165) is 5.52 Å². The molecule has 2 aromatic rings. The number of fused-ring (bicyclic) bond motifs is 1. The molecule has 0 bridgehead atoms. The van der Waals surface area contributed by atoms with E-state index >= 15 is 0 Å². The zero-order valence-electron chi connectivity index (χ0n) is 12.9. The first kappa shape index (κ1) is 16.7. The number of amidine groups is 1. The predicted octanol–water partition coefficient (Wildman–Crippen LogP) is 2.16. The van der Waals surface area contributed by atoms with Gasteiger partial charge in [-0.3, -0.25) is 4.98 Å².